The molecular formula is C44H46N8O6S. The van der Waals surface area contributed by atoms with E-state index >= 15 is 0 Å². The number of methoxy groups -OCH3 is 1. The van der Waals surface area contributed by atoms with Crippen LogP contribution in [0.5, 0.6) is 0 Å². The van der Waals surface area contributed by atoms with E-state index < -0.39 is 24.3 Å². The first-order chi connectivity index (χ1) is 28.6. The van der Waals surface area contributed by atoms with Crippen molar-refractivity contribution < 1.29 is 29.0 Å². The molecule has 6 aromatic rings. The number of imidazole rings is 2. The predicted octanol–water partition coefficient (Wildman–Crippen LogP) is 8.07. The van der Waals surface area contributed by atoms with E-state index in [4.69, 9.17) is 9.72 Å². The second kappa shape index (κ2) is 16.8. The standard InChI is InChI=1S/C44H46N8O6S/c1-25(2)37(49-43(55)56)41(53)51-19-7-11-33(51)40-46-24-32(48-40)29-17-18-30-22-35(59-36(30)21-29)27-15-13-26(14-16-27)31-23-45-39(47-31)34-12-8-20-52(34)42(54)38(50-44(57)58-3)28-9-5-4-6-10-28/h4-6,9-10,13-18,21-25,33-34,37-38,49H,7-8,11-12,19-20H2,1-3H3,(H,45,47)(H,46,48)(H,50,57)(H,55,56). The molecule has 4 atom stereocenters. The maximum absolute atomic E-state index is 13.9. The van der Waals surface area contributed by atoms with Crippen LogP contribution in [0.1, 0.15) is 74.9 Å². The summed E-state index contributed by atoms with van der Waals surface area (Å²) >= 11 is 1.70. The molecule has 4 amide bonds. The van der Waals surface area contributed by atoms with Crippen LogP contribution in [-0.2, 0) is 14.3 Å². The van der Waals surface area contributed by atoms with Crippen molar-refractivity contribution in [2.75, 3.05) is 20.2 Å². The minimum Gasteiger partial charge on any atom is -0.465 e. The first kappa shape index (κ1) is 39.4. The number of thiophene rings is 1. The van der Waals surface area contributed by atoms with Crippen LogP contribution < -0.4 is 10.6 Å². The highest BCUT2D eigenvalue weighted by Crippen LogP contribution is 2.39. The number of alkyl carbamates (subject to hydrolysis) is 1. The summed E-state index contributed by atoms with van der Waals surface area (Å²) in [6.07, 6.45) is 4.84. The number of ether oxygens (including phenoxy) is 1. The Morgan fingerprint density at radius 2 is 1.37 bits per heavy atom. The lowest BCUT2D eigenvalue weighted by Crippen LogP contribution is -2.50. The molecule has 2 aliphatic rings. The highest BCUT2D eigenvalue weighted by molar-refractivity contribution is 7.22. The van der Waals surface area contributed by atoms with Crippen molar-refractivity contribution in [3.05, 3.63) is 108 Å². The van der Waals surface area contributed by atoms with Gasteiger partial charge in [-0.25, -0.2) is 19.6 Å². The number of likely N-dealkylation sites (tertiary alicyclic amines) is 2. The molecule has 5 heterocycles. The predicted molar refractivity (Wildman–Crippen MR) is 224 cm³/mol. The number of aromatic nitrogens is 4. The molecule has 2 saturated heterocycles. The fourth-order valence-corrected chi connectivity index (χ4v) is 9.30. The lowest BCUT2D eigenvalue weighted by Gasteiger charge is -2.29. The van der Waals surface area contributed by atoms with E-state index in [1.807, 2.05) is 44.2 Å². The molecule has 0 radical (unpaired) electrons. The Hall–Kier alpha value is -6.48. The molecule has 4 unspecified atom stereocenters. The zero-order chi connectivity index (χ0) is 41.2. The van der Waals surface area contributed by atoms with Crippen LogP contribution in [0, 0.1) is 5.92 Å². The fraction of sp³-hybridized carbons (Fsp3) is 0.318. The Bertz CT molecular complexity index is 2480. The smallest absolute Gasteiger partial charge is 0.407 e. The summed E-state index contributed by atoms with van der Waals surface area (Å²) in [6, 6.07) is 23.8. The van der Waals surface area contributed by atoms with Crippen LogP contribution in [0.15, 0.2) is 91.3 Å². The summed E-state index contributed by atoms with van der Waals surface area (Å²) in [5, 5.41) is 15.6. The monoisotopic (exact) mass is 814 g/mol. The Labute approximate surface area is 345 Å². The van der Waals surface area contributed by atoms with Crippen molar-refractivity contribution >= 4 is 45.4 Å². The van der Waals surface area contributed by atoms with E-state index in [9.17, 15) is 24.3 Å². The summed E-state index contributed by atoms with van der Waals surface area (Å²) in [6.45, 7) is 4.77. The molecule has 0 bridgehead atoms. The molecule has 14 nitrogen and oxygen atoms in total. The highest BCUT2D eigenvalue weighted by Gasteiger charge is 2.38. The van der Waals surface area contributed by atoms with E-state index in [-0.39, 0.29) is 29.8 Å². The largest absolute Gasteiger partial charge is 0.465 e. The molecule has 2 aliphatic heterocycles. The van der Waals surface area contributed by atoms with Gasteiger partial charge in [-0.2, -0.15) is 0 Å². The average molecular weight is 815 g/mol. The molecule has 3 aromatic carbocycles. The third-order valence-corrected chi connectivity index (χ3v) is 12.4. The molecule has 8 rings (SSSR count). The van der Waals surface area contributed by atoms with Crippen LogP contribution in [0.25, 0.3) is 43.0 Å². The normalized spacial score (nSPS) is 17.6. The number of fused-ring (bicyclic) bond motifs is 1. The Morgan fingerprint density at radius 1 is 0.780 bits per heavy atom. The van der Waals surface area contributed by atoms with Crippen molar-refractivity contribution in [3.8, 4) is 33.0 Å². The van der Waals surface area contributed by atoms with Crippen LogP contribution in [0.3, 0.4) is 0 Å². The van der Waals surface area contributed by atoms with Crippen molar-refractivity contribution in [2.24, 2.45) is 5.92 Å². The number of hydrogen-bond donors (Lipinski definition) is 5. The van der Waals surface area contributed by atoms with Crippen molar-refractivity contribution in [1.82, 2.24) is 40.4 Å². The zero-order valence-corrected chi connectivity index (χ0v) is 33.8. The number of hydrogen-bond acceptors (Lipinski definition) is 8. The Kier molecular flexibility index (Phi) is 11.2. The molecule has 59 heavy (non-hydrogen) atoms. The lowest BCUT2D eigenvalue weighted by molar-refractivity contribution is -0.135. The number of aromatic amines is 2. The van der Waals surface area contributed by atoms with Gasteiger partial charge in [-0.15, -0.1) is 11.3 Å². The van der Waals surface area contributed by atoms with E-state index in [2.05, 4.69) is 74.1 Å². The number of nitrogens with zero attached hydrogens (tertiary/aromatic N) is 4. The van der Waals surface area contributed by atoms with Gasteiger partial charge in [-0.05, 0) is 65.8 Å². The number of rotatable bonds is 11. The van der Waals surface area contributed by atoms with E-state index in [0.717, 1.165) is 68.7 Å². The molecular weight excluding hydrogens is 769 g/mol. The second-order valence-corrected chi connectivity index (χ2v) is 16.4. The fourth-order valence-electron chi connectivity index (χ4n) is 8.19. The summed E-state index contributed by atoms with van der Waals surface area (Å²) < 4.78 is 5.95. The summed E-state index contributed by atoms with van der Waals surface area (Å²) in [7, 11) is 1.28. The van der Waals surface area contributed by atoms with Gasteiger partial charge in [-0.3, -0.25) is 9.59 Å². The van der Waals surface area contributed by atoms with Crippen molar-refractivity contribution in [1.29, 1.82) is 0 Å². The number of nitrogens with one attached hydrogen (secondary N) is 4. The third-order valence-electron chi connectivity index (χ3n) is 11.2. The SMILES string of the molecule is COC(=O)NC(C(=O)N1CCCC1c1ncc(-c2ccc(-c3cc4ccc(-c5cnc(C6CCCN6C(=O)C(NC(=O)O)C(C)C)[nH]5)cc4s3)cc2)[nH]1)c1ccccc1. The van der Waals surface area contributed by atoms with Gasteiger partial charge in [0, 0.05) is 28.2 Å². The van der Waals surface area contributed by atoms with Gasteiger partial charge in [-0.1, -0.05) is 80.6 Å². The van der Waals surface area contributed by atoms with Gasteiger partial charge in [0.25, 0.3) is 5.91 Å². The van der Waals surface area contributed by atoms with Gasteiger partial charge >= 0.3 is 12.2 Å². The van der Waals surface area contributed by atoms with Crippen molar-refractivity contribution in [3.63, 3.8) is 0 Å². The third kappa shape index (κ3) is 8.15. The topological polar surface area (TPSA) is 186 Å². The van der Waals surface area contributed by atoms with Gasteiger partial charge < -0.3 is 40.2 Å². The molecule has 304 valence electrons. The molecule has 0 spiro atoms. The van der Waals surface area contributed by atoms with Gasteiger partial charge in [0.2, 0.25) is 5.91 Å². The first-order valence-corrected chi connectivity index (χ1v) is 20.6. The number of benzene rings is 3. The summed E-state index contributed by atoms with van der Waals surface area (Å²) in [5.41, 5.74) is 5.41. The highest BCUT2D eigenvalue weighted by atomic mass is 32.1. The number of amides is 4. The molecule has 2 fully saturated rings. The summed E-state index contributed by atoms with van der Waals surface area (Å²) in [5.74, 6) is 0.760. The van der Waals surface area contributed by atoms with Crippen LogP contribution in [0.2, 0.25) is 0 Å². The second-order valence-electron chi connectivity index (χ2n) is 15.3. The lowest BCUT2D eigenvalue weighted by atomic mass is 10.0. The van der Waals surface area contributed by atoms with Gasteiger partial charge in [0.05, 0.1) is 43.0 Å². The average Bonchev–Trinajstić information content (AvgIpc) is 4.10. The quantitative estimate of drug-likeness (QED) is 0.0869. The molecule has 0 aliphatic carbocycles. The number of carbonyl (C=O) groups is 4. The van der Waals surface area contributed by atoms with E-state index in [1.165, 1.54) is 7.11 Å². The number of H-pyrrole nitrogens is 2. The molecule has 5 N–H and O–H groups in total. The number of carbonyl (C=O) groups excluding carboxylic acids is 3. The molecule has 3 aromatic heterocycles. The minimum atomic E-state index is -1.21. The van der Waals surface area contributed by atoms with Crippen LogP contribution >= 0.6 is 11.3 Å². The molecule has 0 saturated carbocycles. The van der Waals surface area contributed by atoms with E-state index in [0.29, 0.717) is 30.3 Å². The zero-order valence-electron chi connectivity index (χ0n) is 33.0. The maximum Gasteiger partial charge on any atom is 0.407 e. The maximum atomic E-state index is 13.9. The van der Waals surface area contributed by atoms with E-state index in [1.54, 1.807) is 33.5 Å². The molecule has 15 heteroatoms. The van der Waals surface area contributed by atoms with Crippen LogP contribution in [0.4, 0.5) is 9.59 Å². The van der Waals surface area contributed by atoms with Crippen LogP contribution in [-0.4, -0.2) is 85.1 Å². The van der Waals surface area contributed by atoms with Gasteiger partial charge in [0.1, 0.15) is 23.7 Å². The van der Waals surface area contributed by atoms with Crippen molar-refractivity contribution in [2.45, 2.75) is 63.7 Å². The Balaban J connectivity index is 0.955. The Morgan fingerprint density at radius 3 is 1.98 bits per heavy atom. The van der Waals surface area contributed by atoms with Gasteiger partial charge in [0.15, 0.2) is 0 Å². The first-order valence-electron chi connectivity index (χ1n) is 19.8. The summed E-state index contributed by atoms with van der Waals surface area (Å²) in [4.78, 5) is 71.9. The number of carboxylic acid groups (broad SMARTS) is 1. The minimum absolute atomic E-state index is 0.190.